The molecule has 0 spiro atoms. The highest BCUT2D eigenvalue weighted by Gasteiger charge is 2.05. The minimum absolute atomic E-state index is 0.341. The SMILES string of the molecule is N#Cc1ccc(-c2ccc(/C=N\NC(=O)c3ccc(Cl)cc3)o2)cc1. The topological polar surface area (TPSA) is 78.4 Å². The number of furan rings is 1. The van der Waals surface area contributed by atoms with E-state index in [4.69, 9.17) is 21.3 Å². The van der Waals surface area contributed by atoms with Gasteiger partial charge in [0.2, 0.25) is 0 Å². The second-order valence-corrected chi connectivity index (χ2v) is 5.53. The molecule has 1 N–H and O–H groups in total. The van der Waals surface area contributed by atoms with Crippen LogP contribution >= 0.6 is 11.6 Å². The smallest absolute Gasteiger partial charge is 0.271 e. The van der Waals surface area contributed by atoms with Gasteiger partial charge in [-0.3, -0.25) is 4.79 Å². The summed E-state index contributed by atoms with van der Waals surface area (Å²) in [5.41, 5.74) is 4.32. The Balaban J connectivity index is 1.64. The van der Waals surface area contributed by atoms with E-state index in [0.717, 1.165) is 5.56 Å². The molecule has 1 aromatic heterocycles. The fourth-order valence-corrected chi connectivity index (χ4v) is 2.23. The van der Waals surface area contributed by atoms with Crippen LogP contribution in [0.2, 0.25) is 5.02 Å². The zero-order valence-electron chi connectivity index (χ0n) is 12.9. The Morgan fingerprint density at radius 1 is 1.08 bits per heavy atom. The number of benzene rings is 2. The Kier molecular flexibility index (Phi) is 4.93. The summed E-state index contributed by atoms with van der Waals surface area (Å²) in [6.45, 7) is 0. The molecule has 122 valence electrons. The van der Waals surface area contributed by atoms with Crippen molar-refractivity contribution in [2.75, 3.05) is 0 Å². The minimum atomic E-state index is -0.341. The van der Waals surface area contributed by atoms with Crippen molar-refractivity contribution in [2.24, 2.45) is 5.10 Å². The van der Waals surface area contributed by atoms with Crippen molar-refractivity contribution in [1.82, 2.24) is 5.43 Å². The number of hydrazone groups is 1. The van der Waals surface area contributed by atoms with Gasteiger partial charge in [0.1, 0.15) is 11.5 Å². The molecule has 1 heterocycles. The van der Waals surface area contributed by atoms with Crippen molar-refractivity contribution in [3.63, 3.8) is 0 Å². The van der Waals surface area contributed by atoms with Crippen molar-refractivity contribution in [3.8, 4) is 17.4 Å². The van der Waals surface area contributed by atoms with E-state index < -0.39 is 0 Å². The Morgan fingerprint density at radius 3 is 2.48 bits per heavy atom. The molecule has 5 nitrogen and oxygen atoms in total. The number of nitrogens with zero attached hydrogens (tertiary/aromatic N) is 2. The lowest BCUT2D eigenvalue weighted by Crippen LogP contribution is -2.17. The van der Waals surface area contributed by atoms with Crippen molar-refractivity contribution in [3.05, 3.63) is 82.6 Å². The maximum absolute atomic E-state index is 11.9. The first-order chi connectivity index (χ1) is 12.2. The third-order valence-electron chi connectivity index (χ3n) is 3.39. The van der Waals surface area contributed by atoms with Crippen LogP contribution in [0.15, 0.2) is 70.2 Å². The Bertz CT molecular complexity index is 952. The van der Waals surface area contributed by atoms with Gasteiger partial charge in [-0.15, -0.1) is 0 Å². The van der Waals surface area contributed by atoms with Crippen molar-refractivity contribution in [2.45, 2.75) is 0 Å². The highest BCUT2D eigenvalue weighted by Crippen LogP contribution is 2.21. The van der Waals surface area contributed by atoms with E-state index in [1.807, 2.05) is 0 Å². The molecule has 2 aromatic carbocycles. The third kappa shape index (κ3) is 4.14. The van der Waals surface area contributed by atoms with Crippen LogP contribution in [0.5, 0.6) is 0 Å². The molecule has 0 saturated carbocycles. The minimum Gasteiger partial charge on any atom is -0.455 e. The second kappa shape index (κ2) is 7.47. The molecule has 0 unspecified atom stereocenters. The van der Waals surface area contributed by atoms with E-state index in [1.165, 1.54) is 6.21 Å². The maximum Gasteiger partial charge on any atom is 0.271 e. The quantitative estimate of drug-likeness (QED) is 0.565. The molecule has 3 rings (SSSR count). The zero-order chi connectivity index (χ0) is 17.6. The van der Waals surface area contributed by atoms with Gasteiger partial charge in [0.15, 0.2) is 0 Å². The summed E-state index contributed by atoms with van der Waals surface area (Å²) in [5, 5.41) is 13.3. The van der Waals surface area contributed by atoms with Crippen LogP contribution in [0.3, 0.4) is 0 Å². The molecule has 0 saturated heterocycles. The van der Waals surface area contributed by atoms with Gasteiger partial charge in [-0.25, -0.2) is 5.43 Å². The summed E-state index contributed by atoms with van der Waals surface area (Å²) in [6, 6.07) is 19.2. The molecule has 0 atom stereocenters. The highest BCUT2D eigenvalue weighted by atomic mass is 35.5. The first-order valence-electron chi connectivity index (χ1n) is 7.35. The van der Waals surface area contributed by atoms with Crippen LogP contribution in [0.25, 0.3) is 11.3 Å². The summed E-state index contributed by atoms with van der Waals surface area (Å²) in [4.78, 5) is 11.9. The average molecular weight is 350 g/mol. The lowest BCUT2D eigenvalue weighted by Gasteiger charge is -1.99. The molecular weight excluding hydrogens is 338 g/mol. The maximum atomic E-state index is 11.9. The van der Waals surface area contributed by atoms with Crippen LogP contribution in [0.1, 0.15) is 21.7 Å². The van der Waals surface area contributed by atoms with E-state index in [0.29, 0.717) is 27.7 Å². The number of rotatable bonds is 4. The number of hydrogen-bond acceptors (Lipinski definition) is 4. The van der Waals surface area contributed by atoms with Crippen molar-refractivity contribution in [1.29, 1.82) is 5.26 Å². The normalized spacial score (nSPS) is 10.6. The molecule has 0 aliphatic heterocycles. The van der Waals surface area contributed by atoms with E-state index in [1.54, 1.807) is 60.7 Å². The van der Waals surface area contributed by atoms with E-state index >= 15 is 0 Å². The molecule has 0 radical (unpaired) electrons. The molecule has 1 amide bonds. The van der Waals surface area contributed by atoms with Gasteiger partial charge in [-0.1, -0.05) is 11.6 Å². The van der Waals surface area contributed by atoms with Crippen molar-refractivity contribution >= 4 is 23.7 Å². The van der Waals surface area contributed by atoms with Gasteiger partial charge in [0.05, 0.1) is 17.8 Å². The summed E-state index contributed by atoms with van der Waals surface area (Å²) in [7, 11) is 0. The standard InChI is InChI=1S/C19H12ClN3O2/c20-16-7-5-15(6-8-16)19(24)23-22-12-17-9-10-18(25-17)14-3-1-13(11-21)2-4-14/h1-10,12H,(H,23,24)/b22-12-. The summed E-state index contributed by atoms with van der Waals surface area (Å²) < 4.78 is 5.65. The number of nitriles is 1. The summed E-state index contributed by atoms with van der Waals surface area (Å²) in [5.74, 6) is 0.803. The number of amides is 1. The fourth-order valence-electron chi connectivity index (χ4n) is 2.11. The van der Waals surface area contributed by atoms with Crippen LogP contribution in [-0.2, 0) is 0 Å². The second-order valence-electron chi connectivity index (χ2n) is 5.10. The predicted molar refractivity (Wildman–Crippen MR) is 95.4 cm³/mol. The molecule has 0 fully saturated rings. The Labute approximate surface area is 149 Å². The highest BCUT2D eigenvalue weighted by molar-refractivity contribution is 6.30. The number of halogens is 1. The monoisotopic (exact) mass is 349 g/mol. The molecular formula is C19H12ClN3O2. The molecule has 0 aliphatic rings. The summed E-state index contributed by atoms with van der Waals surface area (Å²) in [6.07, 6.45) is 1.42. The number of nitrogens with one attached hydrogen (secondary N) is 1. The lowest BCUT2D eigenvalue weighted by atomic mass is 10.1. The first-order valence-corrected chi connectivity index (χ1v) is 7.73. The molecule has 6 heteroatoms. The molecule has 3 aromatic rings. The van der Waals surface area contributed by atoms with E-state index in [2.05, 4.69) is 16.6 Å². The lowest BCUT2D eigenvalue weighted by molar-refractivity contribution is 0.0955. The van der Waals surface area contributed by atoms with Gasteiger partial charge in [0.25, 0.3) is 5.91 Å². The number of hydrogen-bond donors (Lipinski definition) is 1. The van der Waals surface area contributed by atoms with Gasteiger partial charge < -0.3 is 4.42 Å². The van der Waals surface area contributed by atoms with Gasteiger partial charge in [-0.2, -0.15) is 10.4 Å². The molecule has 25 heavy (non-hydrogen) atoms. The fraction of sp³-hybridized carbons (Fsp3) is 0. The number of carbonyl (C=O) groups excluding carboxylic acids is 1. The van der Waals surface area contributed by atoms with Crippen LogP contribution in [0.4, 0.5) is 0 Å². The summed E-state index contributed by atoms with van der Waals surface area (Å²) >= 11 is 5.78. The largest absolute Gasteiger partial charge is 0.455 e. The van der Waals surface area contributed by atoms with E-state index in [-0.39, 0.29) is 5.91 Å². The predicted octanol–water partition coefficient (Wildman–Crippen LogP) is 4.24. The van der Waals surface area contributed by atoms with Gasteiger partial charge >= 0.3 is 0 Å². The van der Waals surface area contributed by atoms with Crippen LogP contribution in [-0.4, -0.2) is 12.1 Å². The van der Waals surface area contributed by atoms with E-state index in [9.17, 15) is 4.79 Å². The van der Waals surface area contributed by atoms with Crippen LogP contribution in [0, 0.1) is 11.3 Å². The molecule has 0 bridgehead atoms. The zero-order valence-corrected chi connectivity index (χ0v) is 13.7. The Hall–Kier alpha value is -3.36. The van der Waals surface area contributed by atoms with Gasteiger partial charge in [-0.05, 0) is 60.7 Å². The first kappa shape index (κ1) is 16.5. The molecule has 0 aliphatic carbocycles. The number of carbonyl (C=O) groups is 1. The average Bonchev–Trinajstić information content (AvgIpc) is 3.11. The third-order valence-corrected chi connectivity index (χ3v) is 3.64. The van der Waals surface area contributed by atoms with Crippen LogP contribution < -0.4 is 5.43 Å². The Morgan fingerprint density at radius 2 is 1.80 bits per heavy atom. The van der Waals surface area contributed by atoms with Gasteiger partial charge in [0, 0.05) is 16.1 Å². The van der Waals surface area contributed by atoms with Crippen molar-refractivity contribution < 1.29 is 9.21 Å².